The van der Waals surface area contributed by atoms with Crippen LogP contribution in [-0.4, -0.2) is 31.7 Å². The van der Waals surface area contributed by atoms with Crippen LogP contribution >= 0.6 is 11.6 Å². The minimum Gasteiger partial charge on any atom is -0.378 e. The third-order valence-corrected chi connectivity index (χ3v) is 2.98. The van der Waals surface area contributed by atoms with Crippen molar-refractivity contribution in [2.24, 2.45) is 0 Å². The maximum absolute atomic E-state index is 12.9. The minimum absolute atomic E-state index is 0.0564. The zero-order valence-corrected chi connectivity index (χ0v) is 10.5. The van der Waals surface area contributed by atoms with Crippen LogP contribution in [0, 0.1) is 5.82 Å². The monoisotopic (exact) mass is 272 g/mol. The lowest BCUT2D eigenvalue weighted by molar-refractivity contribution is -0.126. The van der Waals surface area contributed by atoms with E-state index < -0.39 is 5.82 Å². The summed E-state index contributed by atoms with van der Waals surface area (Å²) in [6, 6.07) is 4.05. The second-order valence-electron chi connectivity index (χ2n) is 4.05. The molecule has 18 heavy (non-hydrogen) atoms. The summed E-state index contributed by atoms with van der Waals surface area (Å²) < 4.78 is 18.1. The summed E-state index contributed by atoms with van der Waals surface area (Å²) in [6.07, 6.45) is 0. The molecule has 1 atom stereocenters. The zero-order valence-electron chi connectivity index (χ0n) is 9.71. The molecule has 1 aliphatic rings. The molecule has 0 spiro atoms. The van der Waals surface area contributed by atoms with Crippen molar-refractivity contribution in [3.8, 4) is 0 Å². The molecule has 2 rings (SSSR count). The molecule has 0 bridgehead atoms. The van der Waals surface area contributed by atoms with E-state index in [1.807, 2.05) is 0 Å². The number of hydrogen-bond acceptors (Lipinski definition) is 3. The highest BCUT2D eigenvalue weighted by Crippen LogP contribution is 2.15. The molecule has 1 fully saturated rings. The maximum atomic E-state index is 12.9. The Hall–Kier alpha value is -1.17. The van der Waals surface area contributed by atoms with E-state index in [2.05, 4.69) is 10.6 Å². The van der Waals surface area contributed by atoms with Crippen LogP contribution in [0.1, 0.15) is 5.56 Å². The first-order valence-electron chi connectivity index (χ1n) is 5.69. The van der Waals surface area contributed by atoms with Crippen molar-refractivity contribution in [2.75, 3.05) is 19.8 Å². The van der Waals surface area contributed by atoms with Gasteiger partial charge in [-0.1, -0.05) is 17.7 Å². The SMILES string of the molecule is O=C(NCc1ccc(F)c(Cl)c1)C1COCCN1. The highest BCUT2D eigenvalue weighted by atomic mass is 35.5. The number of nitrogens with one attached hydrogen (secondary N) is 2. The molecular formula is C12H14ClFN2O2. The van der Waals surface area contributed by atoms with Crippen molar-refractivity contribution in [2.45, 2.75) is 12.6 Å². The molecule has 4 nitrogen and oxygen atoms in total. The summed E-state index contributed by atoms with van der Waals surface area (Å²) in [5, 5.41) is 5.86. The fourth-order valence-electron chi connectivity index (χ4n) is 1.70. The van der Waals surface area contributed by atoms with Crippen LogP contribution in [0.25, 0.3) is 0 Å². The molecule has 6 heteroatoms. The van der Waals surface area contributed by atoms with Crippen LogP contribution in [0.15, 0.2) is 18.2 Å². The molecule has 1 aromatic carbocycles. The lowest BCUT2D eigenvalue weighted by Crippen LogP contribution is -2.51. The summed E-state index contributed by atoms with van der Waals surface area (Å²) in [5.41, 5.74) is 0.756. The molecular weight excluding hydrogens is 259 g/mol. The maximum Gasteiger partial charge on any atom is 0.239 e. The molecule has 0 saturated carbocycles. The van der Waals surface area contributed by atoms with Crippen molar-refractivity contribution in [1.82, 2.24) is 10.6 Å². The van der Waals surface area contributed by atoms with Crippen molar-refractivity contribution in [3.05, 3.63) is 34.6 Å². The van der Waals surface area contributed by atoms with E-state index in [1.54, 1.807) is 6.07 Å². The van der Waals surface area contributed by atoms with Crippen molar-refractivity contribution in [3.63, 3.8) is 0 Å². The predicted molar refractivity (Wildman–Crippen MR) is 65.9 cm³/mol. The van der Waals surface area contributed by atoms with E-state index in [4.69, 9.17) is 16.3 Å². The van der Waals surface area contributed by atoms with Gasteiger partial charge in [-0.05, 0) is 17.7 Å². The third-order valence-electron chi connectivity index (χ3n) is 2.69. The Balaban J connectivity index is 1.86. The molecule has 1 saturated heterocycles. The first-order valence-corrected chi connectivity index (χ1v) is 6.07. The molecule has 1 heterocycles. The van der Waals surface area contributed by atoms with Crippen LogP contribution in [0.4, 0.5) is 4.39 Å². The van der Waals surface area contributed by atoms with Gasteiger partial charge in [-0.2, -0.15) is 0 Å². The fourth-order valence-corrected chi connectivity index (χ4v) is 1.90. The van der Waals surface area contributed by atoms with Gasteiger partial charge >= 0.3 is 0 Å². The van der Waals surface area contributed by atoms with Crippen LogP contribution in [0.3, 0.4) is 0 Å². The number of benzene rings is 1. The molecule has 1 amide bonds. The largest absolute Gasteiger partial charge is 0.378 e. The van der Waals surface area contributed by atoms with Crippen molar-refractivity contribution in [1.29, 1.82) is 0 Å². The van der Waals surface area contributed by atoms with Crippen molar-refractivity contribution < 1.29 is 13.9 Å². The van der Waals surface area contributed by atoms with E-state index >= 15 is 0 Å². The smallest absolute Gasteiger partial charge is 0.239 e. The van der Waals surface area contributed by atoms with Crippen LogP contribution in [-0.2, 0) is 16.1 Å². The Morgan fingerprint density at radius 3 is 3.11 bits per heavy atom. The van der Waals surface area contributed by atoms with Gasteiger partial charge in [0.25, 0.3) is 0 Å². The average Bonchev–Trinajstić information content (AvgIpc) is 2.41. The highest BCUT2D eigenvalue weighted by Gasteiger charge is 2.20. The Kier molecular flexibility index (Phi) is 4.52. The molecule has 0 aromatic heterocycles. The second-order valence-corrected chi connectivity index (χ2v) is 4.46. The number of ether oxygens (including phenoxy) is 1. The number of hydrogen-bond donors (Lipinski definition) is 2. The molecule has 1 aromatic rings. The van der Waals surface area contributed by atoms with E-state index in [0.29, 0.717) is 26.3 Å². The third kappa shape index (κ3) is 3.41. The summed E-state index contributed by atoms with van der Waals surface area (Å²) in [7, 11) is 0. The lowest BCUT2D eigenvalue weighted by atomic mass is 10.2. The molecule has 1 unspecified atom stereocenters. The van der Waals surface area contributed by atoms with Crippen LogP contribution in [0.2, 0.25) is 5.02 Å². The fraction of sp³-hybridized carbons (Fsp3) is 0.417. The van der Waals surface area contributed by atoms with E-state index in [9.17, 15) is 9.18 Å². The normalized spacial score (nSPS) is 19.6. The number of carbonyl (C=O) groups is 1. The van der Waals surface area contributed by atoms with Gasteiger partial charge in [0.1, 0.15) is 11.9 Å². The second kappa shape index (κ2) is 6.13. The molecule has 0 aliphatic carbocycles. The Morgan fingerprint density at radius 1 is 1.61 bits per heavy atom. The average molecular weight is 273 g/mol. The summed E-state index contributed by atoms with van der Waals surface area (Å²) >= 11 is 5.66. The van der Waals surface area contributed by atoms with Crippen molar-refractivity contribution >= 4 is 17.5 Å². The van der Waals surface area contributed by atoms with Gasteiger partial charge in [0, 0.05) is 13.1 Å². The molecule has 1 aliphatic heterocycles. The zero-order chi connectivity index (χ0) is 13.0. The summed E-state index contributed by atoms with van der Waals surface area (Å²) in [5.74, 6) is -0.593. The first kappa shape index (κ1) is 13.3. The molecule has 98 valence electrons. The van der Waals surface area contributed by atoms with Gasteiger partial charge in [0.15, 0.2) is 0 Å². The number of rotatable bonds is 3. The summed E-state index contributed by atoms with van der Waals surface area (Å²) in [4.78, 5) is 11.8. The summed E-state index contributed by atoms with van der Waals surface area (Å²) in [6.45, 7) is 1.98. The number of morpholine rings is 1. The van der Waals surface area contributed by atoms with E-state index in [1.165, 1.54) is 12.1 Å². The van der Waals surface area contributed by atoms with Gasteiger partial charge in [-0.3, -0.25) is 4.79 Å². The van der Waals surface area contributed by atoms with E-state index in [-0.39, 0.29) is 17.0 Å². The van der Waals surface area contributed by atoms with Gasteiger partial charge in [0.05, 0.1) is 18.2 Å². The Bertz CT molecular complexity index is 436. The van der Waals surface area contributed by atoms with Gasteiger partial charge in [-0.15, -0.1) is 0 Å². The van der Waals surface area contributed by atoms with E-state index in [0.717, 1.165) is 5.56 Å². The quantitative estimate of drug-likeness (QED) is 0.866. The molecule has 2 N–H and O–H groups in total. The van der Waals surface area contributed by atoms with Crippen LogP contribution < -0.4 is 10.6 Å². The minimum atomic E-state index is -0.464. The van der Waals surface area contributed by atoms with Gasteiger partial charge < -0.3 is 15.4 Å². The van der Waals surface area contributed by atoms with Crippen LogP contribution in [0.5, 0.6) is 0 Å². The molecule has 0 radical (unpaired) electrons. The topological polar surface area (TPSA) is 50.4 Å². The highest BCUT2D eigenvalue weighted by molar-refractivity contribution is 6.30. The van der Waals surface area contributed by atoms with Gasteiger partial charge in [-0.25, -0.2) is 4.39 Å². The number of amides is 1. The predicted octanol–water partition coefficient (Wildman–Crippen LogP) is 1.08. The lowest BCUT2D eigenvalue weighted by Gasteiger charge is -2.22. The van der Waals surface area contributed by atoms with Gasteiger partial charge in [0.2, 0.25) is 5.91 Å². The Labute approximate surface area is 109 Å². The number of halogens is 2. The first-order chi connectivity index (χ1) is 8.66. The number of carbonyl (C=O) groups excluding carboxylic acids is 1. The Morgan fingerprint density at radius 2 is 2.44 bits per heavy atom. The standard InChI is InChI=1S/C12H14ClFN2O2/c13-9-5-8(1-2-10(9)14)6-16-12(17)11-7-18-4-3-15-11/h1-2,5,11,15H,3-4,6-7H2,(H,16,17).